The van der Waals surface area contributed by atoms with Gasteiger partial charge in [-0.3, -0.25) is 0 Å². The van der Waals surface area contributed by atoms with Crippen molar-refractivity contribution in [1.82, 2.24) is 0 Å². The van der Waals surface area contributed by atoms with E-state index in [1.165, 1.54) is 12.1 Å². The van der Waals surface area contributed by atoms with Gasteiger partial charge < -0.3 is 0 Å². The Kier molecular flexibility index (Phi) is 7.82. The van der Waals surface area contributed by atoms with Crippen LogP contribution < -0.4 is 9.06 Å². The van der Waals surface area contributed by atoms with Gasteiger partial charge in [0.15, 0.2) is 46.5 Å². The van der Waals surface area contributed by atoms with Crippen molar-refractivity contribution in [2.24, 2.45) is 0 Å². The molecule has 4 aromatic rings. The first-order chi connectivity index (χ1) is 19.8. The number of halogens is 10. The van der Waals surface area contributed by atoms with Gasteiger partial charge >= 0.3 is 5.82 Å². The molecule has 0 saturated carbocycles. The molecule has 208 valence electrons. The highest BCUT2D eigenvalue weighted by molar-refractivity contribution is 7.12. The highest BCUT2D eigenvalue weighted by atomic mass is 32.1. The number of nitrogens with zero attached hydrogens (tertiary/aromatic N) is 4. The summed E-state index contributed by atoms with van der Waals surface area (Å²) in [6, 6.07) is 4.16. The molecule has 0 fully saturated rings. The van der Waals surface area contributed by atoms with Gasteiger partial charge in [0.05, 0.1) is 24.7 Å². The molecule has 0 aliphatic rings. The molecule has 0 aliphatic heterocycles. The number of rotatable bonds is 2. The van der Waals surface area contributed by atoms with Crippen LogP contribution in [0.25, 0.3) is 43.3 Å². The second-order valence-electron chi connectivity index (χ2n) is 7.74. The largest absolute Gasteiger partial charge is 0.536 e. The van der Waals surface area contributed by atoms with Crippen LogP contribution in [0, 0.1) is 103 Å². The summed E-state index contributed by atoms with van der Waals surface area (Å²) in [5, 5.41) is 18.6. The Morgan fingerprint density at radius 2 is 0.857 bits per heavy atom. The molecule has 4 rings (SSSR count). The summed E-state index contributed by atoms with van der Waals surface area (Å²) in [5.74, 6) is -25.0. The van der Waals surface area contributed by atoms with Gasteiger partial charge in [0, 0.05) is 11.1 Å². The van der Waals surface area contributed by atoms with E-state index in [1.54, 1.807) is 0 Å². The fourth-order valence-corrected chi connectivity index (χ4v) is 6.04. The molecule has 2 heterocycles. The molecule has 2 aromatic heterocycles. The molecule has 0 unspecified atom stereocenters. The Bertz CT molecular complexity index is 2010. The maximum Gasteiger partial charge on any atom is 0.536 e. The maximum atomic E-state index is 14.9. The molecule has 16 heteroatoms. The zero-order chi connectivity index (χ0) is 31.2. The lowest BCUT2D eigenvalue weighted by Gasteiger charge is -2.08. The average molecular weight is 624 g/mol. The van der Waals surface area contributed by atoms with Crippen molar-refractivity contribution in [3.63, 3.8) is 0 Å². The van der Waals surface area contributed by atoms with E-state index >= 15 is 0 Å². The van der Waals surface area contributed by atoms with E-state index in [0.717, 1.165) is 0 Å². The van der Waals surface area contributed by atoms with E-state index in [1.807, 2.05) is 0 Å². The van der Waals surface area contributed by atoms with Crippen LogP contribution >= 0.6 is 22.7 Å². The van der Waals surface area contributed by atoms with Gasteiger partial charge in [-0.15, -0.1) is 22.7 Å². The monoisotopic (exact) mass is 624 g/mol. The van der Waals surface area contributed by atoms with E-state index in [2.05, 4.69) is 9.69 Å². The molecule has 0 radical (unpaired) electrons. The molecule has 0 amide bonds. The van der Waals surface area contributed by atoms with Crippen LogP contribution in [-0.4, -0.2) is 0 Å². The molecule has 0 aliphatic carbocycles. The summed E-state index contributed by atoms with van der Waals surface area (Å²) >= 11 is 0.519. The number of hydrogen-bond acceptors (Lipinski definition) is 4. The Labute approximate surface area is 234 Å². The second kappa shape index (κ2) is 11.0. The molecule has 0 atom stereocenters. The minimum absolute atomic E-state index is 0.256. The summed E-state index contributed by atoms with van der Waals surface area (Å²) in [5.41, 5.74) is -5.84. The van der Waals surface area contributed by atoms with Gasteiger partial charge in [-0.25, -0.2) is 43.9 Å². The summed E-state index contributed by atoms with van der Waals surface area (Å²) in [7, 11) is 0. The van der Waals surface area contributed by atoms with Crippen molar-refractivity contribution >= 4 is 34.1 Å². The third-order valence-corrected chi connectivity index (χ3v) is 7.98. The lowest BCUT2D eigenvalue weighted by molar-refractivity contribution is 0.381. The topological polar surface area (TPSA) is 56.3 Å². The highest BCUT2D eigenvalue weighted by Gasteiger charge is 2.31. The van der Waals surface area contributed by atoms with Crippen LogP contribution in [0.15, 0.2) is 12.1 Å². The molecular formula is C26H2F10N4S2. The average Bonchev–Trinajstić information content (AvgIpc) is 3.59. The second-order valence-corrected chi connectivity index (χ2v) is 9.85. The maximum absolute atomic E-state index is 14.9. The Morgan fingerprint density at radius 3 is 1.19 bits per heavy atom. The van der Waals surface area contributed by atoms with Gasteiger partial charge in [0.1, 0.15) is 35.4 Å². The van der Waals surface area contributed by atoms with Crippen LogP contribution in [0.4, 0.5) is 43.9 Å². The summed E-state index contributed by atoms with van der Waals surface area (Å²) in [6.45, 7) is 14.3. The van der Waals surface area contributed by atoms with Gasteiger partial charge in [0.2, 0.25) is 11.6 Å². The molecule has 0 N–H and O–H groups in total. The van der Waals surface area contributed by atoms with E-state index in [0.29, 0.717) is 12.1 Å². The van der Waals surface area contributed by atoms with Crippen LogP contribution in [0.5, 0.6) is 0 Å². The molecule has 42 heavy (non-hydrogen) atoms. The zero-order valence-electron chi connectivity index (χ0n) is 19.5. The van der Waals surface area contributed by atoms with Gasteiger partial charge in [0.25, 0.3) is 0 Å². The SMILES string of the molecule is [C-]#[N+]C([N+]#[C-])=c1cc(-c2c(F)c(F)c(F)c(F)c2F)/c(=c2\sc(=C(C#N)C#N)cc2-c2c(F)c(F)c(F)c(F)c2F)s1. The first-order valence-corrected chi connectivity index (χ1v) is 12.1. The van der Waals surface area contributed by atoms with Crippen LogP contribution in [0.1, 0.15) is 0 Å². The smallest absolute Gasteiger partial charge is 0.203 e. The Hall–Kier alpha value is -5.16. The van der Waals surface area contributed by atoms with Crippen molar-refractivity contribution in [2.75, 3.05) is 0 Å². The number of benzene rings is 2. The van der Waals surface area contributed by atoms with Gasteiger partial charge in [-0.05, 0) is 12.1 Å². The van der Waals surface area contributed by atoms with Gasteiger partial charge in [-0.1, -0.05) is 0 Å². The van der Waals surface area contributed by atoms with Crippen LogP contribution in [0.3, 0.4) is 0 Å². The normalized spacial score (nSPS) is 11.4. The molecule has 0 spiro atoms. The fraction of sp³-hybridized carbons (Fsp3) is 0. The molecule has 0 saturated heterocycles. The van der Waals surface area contributed by atoms with Crippen molar-refractivity contribution in [3.8, 4) is 34.4 Å². The predicted molar refractivity (Wildman–Crippen MR) is 127 cm³/mol. The Morgan fingerprint density at radius 1 is 0.548 bits per heavy atom. The molecule has 2 aromatic carbocycles. The lowest BCUT2D eigenvalue weighted by Crippen LogP contribution is -2.05. The van der Waals surface area contributed by atoms with Crippen LogP contribution in [-0.2, 0) is 0 Å². The Balaban J connectivity index is 2.47. The number of hydrogen-bond donors (Lipinski definition) is 0. The third kappa shape index (κ3) is 4.44. The predicted octanol–water partition coefficient (Wildman–Crippen LogP) is 6.92. The minimum Gasteiger partial charge on any atom is -0.203 e. The fourth-order valence-electron chi connectivity index (χ4n) is 3.68. The highest BCUT2D eigenvalue weighted by Crippen LogP contribution is 2.37. The van der Waals surface area contributed by atoms with Crippen LogP contribution in [0.2, 0.25) is 0 Å². The third-order valence-electron chi connectivity index (χ3n) is 5.53. The van der Waals surface area contributed by atoms with E-state index in [9.17, 15) is 54.4 Å². The molecule has 0 bridgehead atoms. The minimum atomic E-state index is -2.54. The summed E-state index contributed by atoms with van der Waals surface area (Å²) < 4.78 is 142. The van der Waals surface area contributed by atoms with E-state index < -0.39 is 110 Å². The number of thiophene rings is 2. The first-order valence-electron chi connectivity index (χ1n) is 10.5. The van der Waals surface area contributed by atoms with Crippen molar-refractivity contribution in [3.05, 3.63) is 111 Å². The van der Waals surface area contributed by atoms with Crippen molar-refractivity contribution in [1.29, 1.82) is 10.5 Å². The van der Waals surface area contributed by atoms with Crippen molar-refractivity contribution < 1.29 is 43.9 Å². The van der Waals surface area contributed by atoms with E-state index in [-0.39, 0.29) is 22.7 Å². The summed E-state index contributed by atoms with van der Waals surface area (Å²) in [4.78, 5) is 5.79. The van der Waals surface area contributed by atoms with Gasteiger partial charge in [-0.2, -0.15) is 20.2 Å². The standard InChI is InChI=1S/C26H2F10N4S2/c1-39-26(40-2)11-4-9(13-16(29)20(33)23(36)21(34)17(13)30)25(42-11)24-8(3-10(41-24)7(5-37)6-38)12-14(27)18(31)22(35)19(32)15(12)28/h3-4H/b25-24+. The zero-order valence-corrected chi connectivity index (χ0v) is 21.2. The van der Waals surface area contributed by atoms with E-state index in [4.69, 9.17) is 13.1 Å². The number of nitriles is 2. The quantitative estimate of drug-likeness (QED) is 0.105. The van der Waals surface area contributed by atoms with Crippen molar-refractivity contribution in [2.45, 2.75) is 0 Å². The first kappa shape index (κ1) is 29.8. The molecule has 4 nitrogen and oxygen atoms in total. The lowest BCUT2D eigenvalue weighted by atomic mass is 10.0. The summed E-state index contributed by atoms with van der Waals surface area (Å²) in [6.07, 6.45) is 0. The molecular weight excluding hydrogens is 622 g/mol.